The normalized spacial score (nSPS) is 10.2. The number of benzene rings is 1. The molecule has 0 aromatic heterocycles. The molecule has 0 heterocycles. The van der Waals surface area contributed by atoms with Crippen LogP contribution in [-0.4, -0.2) is 10.9 Å². The molecule has 0 amide bonds. The molecule has 0 bridgehead atoms. The van der Waals surface area contributed by atoms with Gasteiger partial charge in [-0.3, -0.25) is 4.79 Å². The fourth-order valence-corrected chi connectivity index (χ4v) is 1.33. The molecule has 0 fully saturated rings. The molecule has 2 nitrogen and oxygen atoms in total. The Morgan fingerprint density at radius 1 is 1.32 bits per heavy atom. The Morgan fingerprint density at radius 2 is 1.89 bits per heavy atom. The number of hydrogen-bond donors (Lipinski definition) is 1. The van der Waals surface area contributed by atoms with E-state index in [0.717, 1.165) is 12.0 Å². The Bertz CT molecular complexity index is 476. The number of aryl methyl sites for hydroxylation is 1. The molecule has 0 spiro atoms. The van der Waals surface area contributed by atoms with Crippen LogP contribution in [0, 0.1) is 0 Å². The van der Waals surface area contributed by atoms with Crippen LogP contribution in [0.2, 0.25) is 0 Å². The van der Waals surface area contributed by atoms with Gasteiger partial charge in [0.2, 0.25) is 0 Å². The lowest BCUT2D eigenvalue weighted by Crippen LogP contribution is -2.01. The van der Waals surface area contributed by atoms with Crippen LogP contribution in [0.3, 0.4) is 0 Å². The van der Waals surface area contributed by atoms with Gasteiger partial charge in [0.1, 0.15) is 5.75 Å². The molecule has 0 saturated carbocycles. The van der Waals surface area contributed by atoms with Crippen LogP contribution in [0.4, 0.5) is 0 Å². The van der Waals surface area contributed by atoms with E-state index in [1.807, 2.05) is 19.9 Å². The van der Waals surface area contributed by atoms with E-state index < -0.39 is 0 Å². The van der Waals surface area contributed by atoms with Gasteiger partial charge in [-0.25, -0.2) is 0 Å². The summed E-state index contributed by atoms with van der Waals surface area (Å²) in [5.74, 6) is -0.0521. The van der Waals surface area contributed by atoms with Crippen LogP contribution in [0.1, 0.15) is 36.7 Å². The quantitative estimate of drug-likeness (QED) is 0.492. The largest absolute Gasteiger partial charge is 0.507 e. The van der Waals surface area contributed by atoms with Gasteiger partial charge in [-0.05, 0) is 43.5 Å². The van der Waals surface area contributed by atoms with Crippen molar-refractivity contribution in [2.45, 2.75) is 27.2 Å². The number of rotatable bonds is 4. The average Bonchev–Trinajstić information content (AvgIpc) is 2.46. The first kappa shape index (κ1) is 16.9. The van der Waals surface area contributed by atoms with Gasteiger partial charge in [-0.15, -0.1) is 0 Å². The minimum atomic E-state index is -0.106. The Hall–Kier alpha value is -2.09. The van der Waals surface area contributed by atoms with Gasteiger partial charge >= 0.3 is 0 Å². The summed E-state index contributed by atoms with van der Waals surface area (Å²) in [7, 11) is 0. The number of Topliss-reactive ketones (excluding diaryl/α,β-unsaturated/α-hetero) is 1. The number of hydrogen-bond acceptors (Lipinski definition) is 2. The summed E-state index contributed by atoms with van der Waals surface area (Å²) in [5.41, 5.74) is 2.10. The Balaban J connectivity index is 0.000000711. The van der Waals surface area contributed by atoms with E-state index in [-0.39, 0.29) is 11.5 Å². The van der Waals surface area contributed by atoms with E-state index in [2.05, 4.69) is 13.2 Å². The maximum Gasteiger partial charge on any atom is 0.192 e. The number of ketones is 1. The standard InChI is InChI=1S/C13H16O2.C4H6/c1-4-9(3)13(15)11-8-10(5-2)6-7-12(11)14;1-3-4-2/h4,6-8,14H,5H2,1-3H3;3-4H,1-2H2/b9-4+;. The van der Waals surface area contributed by atoms with E-state index in [9.17, 15) is 9.90 Å². The molecule has 0 aliphatic rings. The van der Waals surface area contributed by atoms with Crippen LogP contribution < -0.4 is 0 Å². The first-order valence-corrected chi connectivity index (χ1v) is 6.24. The summed E-state index contributed by atoms with van der Waals surface area (Å²) in [4.78, 5) is 11.8. The van der Waals surface area contributed by atoms with Crippen LogP contribution in [0.5, 0.6) is 5.75 Å². The third-order valence-corrected chi connectivity index (χ3v) is 2.67. The molecule has 102 valence electrons. The lowest BCUT2D eigenvalue weighted by Gasteiger charge is -2.05. The van der Waals surface area contributed by atoms with Crippen molar-refractivity contribution in [3.8, 4) is 5.75 Å². The molecule has 1 N–H and O–H groups in total. The van der Waals surface area contributed by atoms with E-state index >= 15 is 0 Å². The highest BCUT2D eigenvalue weighted by Gasteiger charge is 2.12. The summed E-state index contributed by atoms with van der Waals surface area (Å²) in [6.07, 6.45) is 5.88. The van der Waals surface area contributed by atoms with Gasteiger partial charge < -0.3 is 5.11 Å². The van der Waals surface area contributed by atoms with E-state index in [1.54, 1.807) is 37.3 Å². The number of carbonyl (C=O) groups is 1. The zero-order valence-electron chi connectivity index (χ0n) is 11.9. The number of aromatic hydroxyl groups is 1. The van der Waals surface area contributed by atoms with E-state index in [0.29, 0.717) is 11.1 Å². The Labute approximate surface area is 115 Å². The predicted octanol–water partition coefficient (Wildman–Crippen LogP) is 4.46. The molecule has 1 rings (SSSR count). The number of carbonyl (C=O) groups excluding carboxylic acids is 1. The minimum Gasteiger partial charge on any atom is -0.507 e. The smallest absolute Gasteiger partial charge is 0.192 e. The second kappa shape index (κ2) is 8.92. The van der Waals surface area contributed by atoms with Crippen molar-refractivity contribution in [2.24, 2.45) is 0 Å². The summed E-state index contributed by atoms with van der Waals surface area (Å²) in [6, 6.07) is 5.16. The molecule has 0 atom stereocenters. The summed E-state index contributed by atoms with van der Waals surface area (Å²) in [5, 5.41) is 9.60. The molecule has 1 aromatic rings. The Kier molecular flexibility index (Phi) is 7.94. The van der Waals surface area contributed by atoms with E-state index in [1.165, 1.54) is 0 Å². The molecular formula is C17H22O2. The van der Waals surface area contributed by atoms with Crippen LogP contribution >= 0.6 is 0 Å². The SMILES string of the molecule is C/C=C(\C)C(=O)c1cc(CC)ccc1O.C=CC=C. The Morgan fingerprint density at radius 3 is 2.32 bits per heavy atom. The van der Waals surface area contributed by atoms with Crippen molar-refractivity contribution in [3.05, 3.63) is 66.3 Å². The summed E-state index contributed by atoms with van der Waals surface area (Å²) >= 11 is 0. The van der Waals surface area contributed by atoms with Crippen molar-refractivity contribution < 1.29 is 9.90 Å². The highest BCUT2D eigenvalue weighted by molar-refractivity contribution is 6.10. The molecule has 0 saturated heterocycles. The van der Waals surface area contributed by atoms with Crippen LogP contribution in [0.15, 0.2) is 55.2 Å². The van der Waals surface area contributed by atoms with Crippen molar-refractivity contribution in [1.29, 1.82) is 0 Å². The van der Waals surface area contributed by atoms with Crippen molar-refractivity contribution >= 4 is 5.78 Å². The maximum absolute atomic E-state index is 11.8. The first-order chi connectivity index (χ1) is 9.01. The molecule has 0 aliphatic carbocycles. The molecule has 1 aromatic carbocycles. The monoisotopic (exact) mass is 258 g/mol. The minimum absolute atomic E-state index is 0.0541. The van der Waals surface area contributed by atoms with Crippen molar-refractivity contribution in [3.63, 3.8) is 0 Å². The van der Waals surface area contributed by atoms with Gasteiger partial charge in [0, 0.05) is 0 Å². The third-order valence-electron chi connectivity index (χ3n) is 2.67. The molecule has 2 heteroatoms. The fourth-order valence-electron chi connectivity index (χ4n) is 1.33. The zero-order chi connectivity index (χ0) is 14.8. The van der Waals surface area contributed by atoms with Crippen LogP contribution in [-0.2, 0) is 6.42 Å². The topological polar surface area (TPSA) is 37.3 Å². The lowest BCUT2D eigenvalue weighted by molar-refractivity contribution is 0.103. The fraction of sp³-hybridized carbons (Fsp3) is 0.235. The average molecular weight is 258 g/mol. The number of phenols is 1. The third kappa shape index (κ3) is 5.38. The second-order valence-electron chi connectivity index (χ2n) is 3.98. The second-order valence-corrected chi connectivity index (χ2v) is 3.98. The van der Waals surface area contributed by atoms with Gasteiger partial charge in [-0.1, -0.05) is 44.4 Å². The predicted molar refractivity (Wildman–Crippen MR) is 81.6 cm³/mol. The van der Waals surface area contributed by atoms with Crippen LogP contribution in [0.25, 0.3) is 0 Å². The van der Waals surface area contributed by atoms with Gasteiger partial charge in [0.15, 0.2) is 5.78 Å². The summed E-state index contributed by atoms with van der Waals surface area (Å²) < 4.78 is 0. The molecular weight excluding hydrogens is 236 g/mol. The molecule has 0 radical (unpaired) electrons. The molecule has 0 aliphatic heterocycles. The highest BCUT2D eigenvalue weighted by atomic mass is 16.3. The maximum atomic E-state index is 11.8. The van der Waals surface area contributed by atoms with Crippen molar-refractivity contribution in [2.75, 3.05) is 0 Å². The number of phenolic OH excluding ortho intramolecular Hbond substituents is 1. The highest BCUT2D eigenvalue weighted by Crippen LogP contribution is 2.21. The van der Waals surface area contributed by atoms with Crippen molar-refractivity contribution in [1.82, 2.24) is 0 Å². The van der Waals surface area contributed by atoms with E-state index in [4.69, 9.17) is 0 Å². The molecule has 0 unspecified atom stereocenters. The summed E-state index contributed by atoms with van der Waals surface area (Å²) in [6.45, 7) is 12.3. The lowest BCUT2D eigenvalue weighted by atomic mass is 10.0. The first-order valence-electron chi connectivity index (χ1n) is 6.24. The zero-order valence-corrected chi connectivity index (χ0v) is 11.9. The molecule has 19 heavy (non-hydrogen) atoms. The van der Waals surface area contributed by atoms with Gasteiger partial charge in [0.05, 0.1) is 5.56 Å². The number of allylic oxidation sites excluding steroid dienone is 4. The van der Waals surface area contributed by atoms with Gasteiger partial charge in [-0.2, -0.15) is 0 Å². The van der Waals surface area contributed by atoms with Gasteiger partial charge in [0.25, 0.3) is 0 Å².